The Morgan fingerprint density at radius 2 is 2.12 bits per heavy atom. The highest BCUT2D eigenvalue weighted by atomic mass is 16.5. The van der Waals surface area contributed by atoms with Crippen molar-refractivity contribution in [1.82, 2.24) is 5.16 Å². The van der Waals surface area contributed by atoms with Gasteiger partial charge in [-0.1, -0.05) is 42.4 Å². The van der Waals surface area contributed by atoms with Crippen molar-refractivity contribution in [2.24, 2.45) is 0 Å². The lowest BCUT2D eigenvalue weighted by Gasteiger charge is -1.94. The molecule has 0 unspecified atom stereocenters. The van der Waals surface area contributed by atoms with E-state index in [4.69, 9.17) is 4.52 Å². The summed E-state index contributed by atoms with van der Waals surface area (Å²) in [5.74, 6) is 0.293. The van der Waals surface area contributed by atoms with Crippen LogP contribution >= 0.6 is 0 Å². The second kappa shape index (κ2) is 4.61. The Labute approximate surface area is 93.3 Å². The number of carbonyl (C=O) groups excluding carboxylic acids is 1. The summed E-state index contributed by atoms with van der Waals surface area (Å²) in [6, 6.07) is 11.4. The molecule has 0 atom stereocenters. The van der Waals surface area contributed by atoms with Crippen LogP contribution in [0.2, 0.25) is 0 Å². The first-order valence-electron chi connectivity index (χ1n) is 5.11. The maximum atomic E-state index is 11.1. The minimum Gasteiger partial charge on any atom is -0.338 e. The number of benzene rings is 1. The van der Waals surface area contributed by atoms with Gasteiger partial charge in [-0.3, -0.25) is 10.1 Å². The molecule has 1 heterocycles. The van der Waals surface area contributed by atoms with Gasteiger partial charge in [0.1, 0.15) is 5.69 Å². The summed E-state index contributed by atoms with van der Waals surface area (Å²) < 4.78 is 5.01. The summed E-state index contributed by atoms with van der Waals surface area (Å²) >= 11 is 0. The van der Waals surface area contributed by atoms with Crippen molar-refractivity contribution in [3.05, 3.63) is 36.4 Å². The number of rotatable bonds is 3. The summed E-state index contributed by atoms with van der Waals surface area (Å²) in [5.41, 5.74) is 1.68. The fourth-order valence-electron chi connectivity index (χ4n) is 1.30. The van der Waals surface area contributed by atoms with Crippen molar-refractivity contribution >= 4 is 11.8 Å². The van der Waals surface area contributed by atoms with Gasteiger partial charge in [-0.25, -0.2) is 0 Å². The monoisotopic (exact) mass is 216 g/mol. The predicted octanol–water partition coefficient (Wildman–Crippen LogP) is 2.69. The highest BCUT2D eigenvalue weighted by molar-refractivity contribution is 5.89. The number of hydrogen-bond donors (Lipinski definition) is 1. The zero-order chi connectivity index (χ0) is 11.4. The molecule has 0 spiro atoms. The van der Waals surface area contributed by atoms with Crippen molar-refractivity contribution in [1.29, 1.82) is 0 Å². The largest absolute Gasteiger partial charge is 0.338 e. The van der Waals surface area contributed by atoms with Gasteiger partial charge in [-0.05, 0) is 0 Å². The smallest absolute Gasteiger partial charge is 0.231 e. The molecule has 1 amide bonds. The summed E-state index contributed by atoms with van der Waals surface area (Å²) in [4.78, 5) is 11.1. The van der Waals surface area contributed by atoms with Gasteiger partial charge >= 0.3 is 0 Å². The topological polar surface area (TPSA) is 55.1 Å². The Bertz CT molecular complexity index is 477. The van der Waals surface area contributed by atoms with E-state index in [1.807, 2.05) is 30.3 Å². The highest BCUT2D eigenvalue weighted by Crippen LogP contribution is 2.21. The van der Waals surface area contributed by atoms with Crippen molar-refractivity contribution in [2.45, 2.75) is 13.3 Å². The van der Waals surface area contributed by atoms with E-state index < -0.39 is 0 Å². The quantitative estimate of drug-likeness (QED) is 0.858. The minimum atomic E-state index is -0.0873. The minimum absolute atomic E-state index is 0.0873. The molecule has 0 fully saturated rings. The van der Waals surface area contributed by atoms with Crippen molar-refractivity contribution in [3.8, 4) is 11.3 Å². The molecule has 16 heavy (non-hydrogen) atoms. The van der Waals surface area contributed by atoms with Gasteiger partial charge in [0.15, 0.2) is 0 Å². The van der Waals surface area contributed by atoms with Crippen LogP contribution in [-0.4, -0.2) is 11.1 Å². The van der Waals surface area contributed by atoms with E-state index in [-0.39, 0.29) is 5.91 Å². The van der Waals surface area contributed by atoms with Gasteiger partial charge in [0.05, 0.1) is 0 Å². The molecule has 4 nitrogen and oxygen atoms in total. The van der Waals surface area contributed by atoms with E-state index in [1.54, 1.807) is 13.0 Å². The lowest BCUT2D eigenvalue weighted by atomic mass is 10.2. The van der Waals surface area contributed by atoms with Crippen LogP contribution in [0.4, 0.5) is 5.88 Å². The molecule has 0 saturated heterocycles. The van der Waals surface area contributed by atoms with Gasteiger partial charge < -0.3 is 4.52 Å². The van der Waals surface area contributed by atoms with Crippen molar-refractivity contribution in [2.75, 3.05) is 5.32 Å². The first kappa shape index (κ1) is 10.4. The van der Waals surface area contributed by atoms with Crippen LogP contribution < -0.4 is 5.32 Å². The average Bonchev–Trinajstić information content (AvgIpc) is 2.78. The number of amides is 1. The molecule has 0 radical (unpaired) electrons. The summed E-state index contributed by atoms with van der Waals surface area (Å²) in [6.07, 6.45) is 0.418. The Kier molecular flexibility index (Phi) is 3.00. The second-order valence-corrected chi connectivity index (χ2v) is 3.34. The third-order valence-electron chi connectivity index (χ3n) is 2.16. The summed E-state index contributed by atoms with van der Waals surface area (Å²) in [6.45, 7) is 1.78. The van der Waals surface area contributed by atoms with Gasteiger partial charge in [-0.2, -0.15) is 0 Å². The zero-order valence-corrected chi connectivity index (χ0v) is 8.93. The Morgan fingerprint density at radius 1 is 1.38 bits per heavy atom. The standard InChI is InChI=1S/C12H12N2O2/c1-2-11(15)13-12-8-10(14-16-12)9-6-4-3-5-7-9/h3-8H,2H2,1H3,(H,13,15). The third-order valence-corrected chi connectivity index (χ3v) is 2.16. The molecule has 0 aliphatic carbocycles. The summed E-state index contributed by atoms with van der Waals surface area (Å²) in [7, 11) is 0. The lowest BCUT2D eigenvalue weighted by molar-refractivity contribution is -0.116. The van der Waals surface area contributed by atoms with E-state index in [1.165, 1.54) is 0 Å². The molecule has 0 aliphatic rings. The Morgan fingerprint density at radius 3 is 2.81 bits per heavy atom. The normalized spacial score (nSPS) is 10.1. The lowest BCUT2D eigenvalue weighted by Crippen LogP contribution is -2.08. The maximum absolute atomic E-state index is 11.1. The molecule has 4 heteroatoms. The van der Waals surface area contributed by atoms with Gasteiger partial charge in [0.25, 0.3) is 0 Å². The average molecular weight is 216 g/mol. The molecule has 1 aromatic carbocycles. The van der Waals surface area contributed by atoms with Crippen LogP contribution in [0.25, 0.3) is 11.3 Å². The van der Waals surface area contributed by atoms with E-state index in [0.29, 0.717) is 18.0 Å². The molecule has 2 aromatic rings. The van der Waals surface area contributed by atoms with E-state index in [2.05, 4.69) is 10.5 Å². The van der Waals surface area contributed by atoms with E-state index in [0.717, 1.165) is 5.56 Å². The molecule has 1 N–H and O–H groups in total. The SMILES string of the molecule is CCC(=O)Nc1cc(-c2ccccc2)no1. The maximum Gasteiger partial charge on any atom is 0.231 e. The number of hydrogen-bond acceptors (Lipinski definition) is 3. The number of carbonyl (C=O) groups is 1. The van der Waals surface area contributed by atoms with Crippen LogP contribution in [0.1, 0.15) is 13.3 Å². The predicted molar refractivity (Wildman–Crippen MR) is 60.9 cm³/mol. The molecule has 82 valence electrons. The van der Waals surface area contributed by atoms with E-state index >= 15 is 0 Å². The van der Waals surface area contributed by atoms with Crippen LogP contribution in [0.3, 0.4) is 0 Å². The Balaban J connectivity index is 2.17. The van der Waals surface area contributed by atoms with Gasteiger partial charge in [0, 0.05) is 18.1 Å². The van der Waals surface area contributed by atoms with Crippen LogP contribution in [0, 0.1) is 0 Å². The molecular weight excluding hydrogens is 204 g/mol. The molecule has 0 bridgehead atoms. The zero-order valence-electron chi connectivity index (χ0n) is 8.93. The van der Waals surface area contributed by atoms with Crippen LogP contribution in [0.5, 0.6) is 0 Å². The molecule has 0 saturated carbocycles. The fraction of sp³-hybridized carbons (Fsp3) is 0.167. The number of aromatic nitrogens is 1. The fourth-order valence-corrected chi connectivity index (χ4v) is 1.30. The van der Waals surface area contributed by atoms with Crippen molar-refractivity contribution in [3.63, 3.8) is 0 Å². The second-order valence-electron chi connectivity index (χ2n) is 3.34. The number of anilines is 1. The summed E-state index contributed by atoms with van der Waals surface area (Å²) in [5, 5.41) is 6.50. The highest BCUT2D eigenvalue weighted by Gasteiger charge is 2.07. The van der Waals surface area contributed by atoms with Crippen molar-refractivity contribution < 1.29 is 9.32 Å². The van der Waals surface area contributed by atoms with E-state index in [9.17, 15) is 4.79 Å². The van der Waals surface area contributed by atoms with Gasteiger partial charge in [0.2, 0.25) is 11.8 Å². The molecular formula is C12H12N2O2. The van der Waals surface area contributed by atoms with Gasteiger partial charge in [-0.15, -0.1) is 0 Å². The number of nitrogens with zero attached hydrogens (tertiary/aromatic N) is 1. The molecule has 1 aromatic heterocycles. The van der Waals surface area contributed by atoms with Crippen LogP contribution in [-0.2, 0) is 4.79 Å². The third kappa shape index (κ3) is 2.28. The number of nitrogens with one attached hydrogen (secondary N) is 1. The molecule has 0 aliphatic heterocycles. The first-order chi connectivity index (χ1) is 7.79. The Hall–Kier alpha value is -2.10. The van der Waals surface area contributed by atoms with Crippen LogP contribution in [0.15, 0.2) is 40.9 Å². The first-order valence-corrected chi connectivity index (χ1v) is 5.11. The molecule has 2 rings (SSSR count).